The number of carbonyl (C=O) groups is 7. The monoisotopic (exact) mass is 2090 g/mol. The summed E-state index contributed by atoms with van der Waals surface area (Å²) in [7, 11) is 6.67. The fourth-order valence-corrected chi connectivity index (χ4v) is 22.9. The molecule has 6 atom stereocenters. The van der Waals surface area contributed by atoms with Crippen LogP contribution in [0.1, 0.15) is 430 Å². The summed E-state index contributed by atoms with van der Waals surface area (Å²) < 4.78 is 65.0. The van der Waals surface area contributed by atoms with Crippen LogP contribution in [0.4, 0.5) is 0 Å². The van der Waals surface area contributed by atoms with Crippen LogP contribution < -0.4 is 0 Å². The van der Waals surface area contributed by atoms with Crippen molar-refractivity contribution >= 4 is 96.0 Å². The van der Waals surface area contributed by atoms with Gasteiger partial charge in [0.05, 0.1) is 12.3 Å². The third-order valence-electron chi connectivity index (χ3n) is 30.1. The lowest BCUT2D eigenvalue weighted by Crippen LogP contribution is -2.57. The van der Waals surface area contributed by atoms with Crippen molar-refractivity contribution in [2.45, 2.75) is 543 Å². The van der Waals surface area contributed by atoms with E-state index in [0.717, 1.165) is 43.4 Å². The highest BCUT2D eigenvalue weighted by Gasteiger charge is 2.63. The Balaban J connectivity index is -0.000000161. The van der Waals surface area contributed by atoms with Crippen molar-refractivity contribution < 1.29 is 93.3 Å². The van der Waals surface area contributed by atoms with E-state index in [2.05, 4.69) is 123 Å². The molecular formula is C113H244O20Si6. The standard InChI is InChI=1S/C15H24O2.C11H20O2.C10H12O4.5C7H12.C6H8O4.C6H12O2.6C3H10OSi.12CH4/c1-10(16)17-14(2,3)15-7-11-4-12(8-15)6-13(5-11)9-15;1-9(12)13-11(10(2,3)4)7-5-6-8-11;1-4(11)13-8-5-2-6-7(3-5)10(12)14-9(6)8;5*1-2-7-4-3-6(1)5-7;1-4(7)9-6-3-2-5(8)10-6;1-5(7)8-6(2,3)4;6*1-4-5(2)3;;;;;;;;;;;;/h11-13H,4-9H2,1-3H3;5-8H2,1-4H3;5-9H,2-3H2,1H3;5*6-7H,1-5H2;6H,2-3H2,1H3;1-4H3;6*5H,1-3H3;12*1H4. The van der Waals surface area contributed by atoms with E-state index in [0.29, 0.717) is 24.7 Å². The molecule has 19 aliphatic rings. The number of cyclic esters (lactones) is 1. The molecule has 2 aliphatic heterocycles. The second-order valence-corrected chi connectivity index (χ2v) is 60.3. The van der Waals surface area contributed by atoms with E-state index in [1.807, 2.05) is 20.8 Å². The zero-order valence-electron chi connectivity index (χ0n) is 87.2. The SMILES string of the molecule is C.C.C.C.C.C.C.C.C.C.C.C.C1CC2CCC1C2.C1CC2CCC1C2.C1CC2CCC1C2.C1CC2CCC1C2.C1CC2CCC1C2.CC(=O)OC(C)(C)C.CC(=O)OC(C)(C)C12CC3CC(CC(C3)C1)C2.CC(=O)OC1(C(C)(C)C)CCCC1.CC(=O)OC1C2CC3C(=O)OC1C3C2.CC(=O)OC1CCC(=O)O1.CO[SiH](C)C.CO[SiH](C)C.CO[SiH](C)C.CO[SiH](C)C.CO[SiH](C)C.CO[SiH](C)C. The minimum atomic E-state index is -0.650. The lowest BCUT2D eigenvalue weighted by Gasteiger charge is -2.61. The van der Waals surface area contributed by atoms with Crippen molar-refractivity contribution in [1.82, 2.24) is 0 Å². The molecule has 139 heavy (non-hydrogen) atoms. The Kier molecular flexibility index (Phi) is 89.4. The van der Waals surface area contributed by atoms with E-state index >= 15 is 0 Å². The Morgan fingerprint density at radius 2 is 0.576 bits per heavy atom. The van der Waals surface area contributed by atoms with Crippen LogP contribution in [0.25, 0.3) is 0 Å². The summed E-state index contributed by atoms with van der Waals surface area (Å²) in [5, 5.41) is 0. The first-order chi connectivity index (χ1) is 59.4. The summed E-state index contributed by atoms with van der Waals surface area (Å²) in [6, 6.07) is 0. The number of esters is 7. The molecule has 6 unspecified atom stereocenters. The molecule has 20 nitrogen and oxygen atoms in total. The largest absolute Gasteiger partial charge is 0.460 e. The van der Waals surface area contributed by atoms with Gasteiger partial charge in [0.1, 0.15) is 29.0 Å². The van der Waals surface area contributed by atoms with E-state index in [-0.39, 0.29) is 171 Å². The molecule has 17 aliphatic carbocycles. The predicted molar refractivity (Wildman–Crippen MR) is 613 cm³/mol. The highest BCUT2D eigenvalue weighted by molar-refractivity contribution is 6.49. The molecule has 0 spiro atoms. The fourth-order valence-electron chi connectivity index (χ4n) is 22.9. The Labute approximate surface area is 875 Å². The van der Waals surface area contributed by atoms with E-state index in [4.69, 9.17) is 50.2 Å². The summed E-state index contributed by atoms with van der Waals surface area (Å²) in [6.07, 6.45) is 53.4. The number of carbonyl (C=O) groups excluding carboxylic acids is 7. The molecule has 0 aromatic carbocycles. The fraction of sp³-hybridized carbons (Fsp3) is 0.938. The van der Waals surface area contributed by atoms with Gasteiger partial charge in [-0.05, 0) is 299 Å². The van der Waals surface area contributed by atoms with Gasteiger partial charge in [0.15, 0.2) is 54.2 Å². The first-order valence-corrected chi connectivity index (χ1v) is 67.6. The number of rotatable bonds is 11. The van der Waals surface area contributed by atoms with Crippen molar-refractivity contribution in [2.75, 3.05) is 42.7 Å². The van der Waals surface area contributed by atoms with Crippen LogP contribution in [0.3, 0.4) is 0 Å². The Morgan fingerprint density at radius 3 is 0.755 bits per heavy atom. The van der Waals surface area contributed by atoms with Gasteiger partial charge in [-0.2, -0.15) is 0 Å². The van der Waals surface area contributed by atoms with Crippen molar-refractivity contribution in [2.24, 2.45) is 106 Å². The molecule has 19 rings (SSSR count). The van der Waals surface area contributed by atoms with Gasteiger partial charge >= 0.3 is 41.8 Å². The number of hydrogen-bond donors (Lipinski definition) is 0. The van der Waals surface area contributed by atoms with E-state index < -0.39 is 66.5 Å². The van der Waals surface area contributed by atoms with Crippen LogP contribution in [0.5, 0.6) is 0 Å². The lowest BCUT2D eigenvalue weighted by atomic mass is 9.46. The molecule has 0 aromatic heterocycles. The molecule has 16 bridgehead atoms. The van der Waals surface area contributed by atoms with Crippen molar-refractivity contribution in [1.29, 1.82) is 0 Å². The first kappa shape index (κ1) is 156. The molecule has 17 saturated carbocycles. The summed E-state index contributed by atoms with van der Waals surface area (Å²) in [4.78, 5) is 75.5. The number of hydrogen-bond acceptors (Lipinski definition) is 20. The van der Waals surface area contributed by atoms with E-state index in [9.17, 15) is 33.6 Å². The van der Waals surface area contributed by atoms with Gasteiger partial charge < -0.3 is 59.7 Å². The van der Waals surface area contributed by atoms with Crippen LogP contribution in [0.15, 0.2) is 0 Å². The third-order valence-corrected chi connectivity index (χ3v) is 35.8. The molecule has 26 heteroatoms. The van der Waals surface area contributed by atoms with Gasteiger partial charge in [-0.1, -0.05) is 238 Å². The Hall–Kier alpha value is -2.65. The summed E-state index contributed by atoms with van der Waals surface area (Å²) in [5.41, 5.74) is -0.442. The molecule has 2 heterocycles. The summed E-state index contributed by atoms with van der Waals surface area (Å²) >= 11 is 0. The number of fused-ring (bicyclic) bond motifs is 11. The second kappa shape index (κ2) is 79.5. The van der Waals surface area contributed by atoms with E-state index in [1.165, 1.54) is 138 Å². The van der Waals surface area contributed by atoms with Crippen molar-refractivity contribution in [3.05, 3.63) is 0 Å². The number of ether oxygens (including phenoxy) is 7. The maximum atomic E-state index is 11.4. The zero-order valence-corrected chi connectivity index (χ0v) is 94.1. The maximum absolute atomic E-state index is 11.4. The van der Waals surface area contributed by atoms with Crippen LogP contribution in [-0.4, -0.2) is 174 Å². The van der Waals surface area contributed by atoms with Crippen LogP contribution >= 0.6 is 0 Å². The minimum absolute atomic E-state index is 0. The molecular weight excluding hydrogens is 1850 g/mol. The Bertz CT molecular complexity index is 2770. The van der Waals surface area contributed by atoms with Gasteiger partial charge in [0, 0.05) is 106 Å². The highest BCUT2D eigenvalue weighted by atomic mass is 28.3. The molecule has 0 radical (unpaired) electrons. The summed E-state index contributed by atoms with van der Waals surface area (Å²) in [6.45, 7) is 49.1. The van der Waals surface area contributed by atoms with Crippen LogP contribution in [-0.2, 0) is 93.3 Å². The molecule has 19 fully saturated rings. The zero-order chi connectivity index (χ0) is 95.7. The molecule has 2 saturated heterocycles. The average Bonchev–Trinajstić information content (AvgIpc) is 1.61. The van der Waals surface area contributed by atoms with Crippen LogP contribution in [0.2, 0.25) is 78.6 Å². The maximum Gasteiger partial charge on any atom is 0.309 e. The highest BCUT2D eigenvalue weighted by Crippen LogP contribution is 2.65. The van der Waals surface area contributed by atoms with Gasteiger partial charge in [-0.3, -0.25) is 33.6 Å². The third kappa shape index (κ3) is 61.8. The molecule has 0 N–H and O–H groups in total. The lowest BCUT2D eigenvalue weighted by molar-refractivity contribution is -0.196. The smallest absolute Gasteiger partial charge is 0.309 e. The average molecular weight is 2090 g/mol. The van der Waals surface area contributed by atoms with Gasteiger partial charge in [0.2, 0.25) is 6.29 Å². The second-order valence-electron chi connectivity index (χ2n) is 44.9. The molecule has 840 valence electrons. The normalized spacial score (nSPS) is 28.7. The van der Waals surface area contributed by atoms with Crippen molar-refractivity contribution in [3.8, 4) is 0 Å². The Morgan fingerprint density at radius 1 is 0.324 bits per heavy atom. The quantitative estimate of drug-likeness (QED) is 0.106. The van der Waals surface area contributed by atoms with Gasteiger partial charge in [0.25, 0.3) is 0 Å². The topological polar surface area (TPSA) is 239 Å². The minimum Gasteiger partial charge on any atom is -0.460 e. The predicted octanol–water partition coefficient (Wildman–Crippen LogP) is 30.8. The van der Waals surface area contributed by atoms with Crippen molar-refractivity contribution in [3.63, 3.8) is 0 Å². The van der Waals surface area contributed by atoms with E-state index in [1.54, 1.807) is 210 Å². The molecule has 0 amide bonds. The van der Waals surface area contributed by atoms with Gasteiger partial charge in [-0.25, -0.2) is 0 Å². The van der Waals surface area contributed by atoms with Gasteiger partial charge in [-0.15, -0.1) is 0 Å². The molecule has 0 aromatic rings. The first-order valence-electron chi connectivity index (χ1n) is 50.9. The van der Waals surface area contributed by atoms with Crippen LogP contribution in [0, 0.1) is 106 Å². The summed E-state index contributed by atoms with van der Waals surface area (Å²) in [5.74, 6) is 13.7.